The van der Waals surface area contributed by atoms with Gasteiger partial charge in [-0.05, 0) is 37.0 Å². The van der Waals surface area contributed by atoms with Crippen LogP contribution in [0.25, 0.3) is 0 Å². The van der Waals surface area contributed by atoms with Gasteiger partial charge in [0.1, 0.15) is 6.04 Å². The van der Waals surface area contributed by atoms with Crippen LogP contribution in [-0.2, 0) is 16.1 Å². The van der Waals surface area contributed by atoms with Crippen molar-refractivity contribution in [2.45, 2.75) is 32.4 Å². The first-order chi connectivity index (χ1) is 12.1. The normalized spacial score (nSPS) is 24.4. The summed E-state index contributed by atoms with van der Waals surface area (Å²) in [7, 11) is 0. The highest BCUT2D eigenvalue weighted by Crippen LogP contribution is 2.26. The largest absolute Gasteiger partial charge is 0.371 e. The number of hydrogen-bond acceptors (Lipinski definition) is 4. The predicted octanol–water partition coefficient (Wildman–Crippen LogP) is 0.738. The van der Waals surface area contributed by atoms with Crippen LogP contribution in [0.5, 0.6) is 0 Å². The SMILES string of the molecule is Cc1cc(CN2CCN3C(=O)CNC(=O)[C@@H]3C2)ccc1N1CCCC1. The van der Waals surface area contributed by atoms with Gasteiger partial charge in [-0.3, -0.25) is 14.5 Å². The minimum atomic E-state index is -0.333. The molecule has 1 aromatic rings. The molecule has 0 unspecified atom stereocenters. The summed E-state index contributed by atoms with van der Waals surface area (Å²) < 4.78 is 0. The summed E-state index contributed by atoms with van der Waals surface area (Å²) in [6.07, 6.45) is 2.57. The lowest BCUT2D eigenvalue weighted by Crippen LogP contribution is -2.65. The first kappa shape index (κ1) is 16.4. The lowest BCUT2D eigenvalue weighted by atomic mass is 10.1. The molecule has 134 valence electrons. The van der Waals surface area contributed by atoms with E-state index in [1.807, 2.05) is 0 Å². The first-order valence-electron chi connectivity index (χ1n) is 9.26. The van der Waals surface area contributed by atoms with Gasteiger partial charge in [-0.2, -0.15) is 0 Å². The molecule has 4 rings (SSSR count). The summed E-state index contributed by atoms with van der Waals surface area (Å²) in [6, 6.07) is 6.38. The van der Waals surface area contributed by atoms with E-state index in [4.69, 9.17) is 0 Å². The molecule has 25 heavy (non-hydrogen) atoms. The fraction of sp³-hybridized carbons (Fsp3) is 0.579. The van der Waals surface area contributed by atoms with Gasteiger partial charge in [0.25, 0.3) is 0 Å². The highest BCUT2D eigenvalue weighted by atomic mass is 16.2. The minimum absolute atomic E-state index is 0.0233. The molecule has 1 atom stereocenters. The van der Waals surface area contributed by atoms with Crippen molar-refractivity contribution in [2.24, 2.45) is 0 Å². The minimum Gasteiger partial charge on any atom is -0.371 e. The quantitative estimate of drug-likeness (QED) is 0.880. The van der Waals surface area contributed by atoms with Gasteiger partial charge in [0.15, 0.2) is 0 Å². The third-order valence-electron chi connectivity index (χ3n) is 5.62. The van der Waals surface area contributed by atoms with E-state index in [1.165, 1.54) is 29.7 Å². The Hall–Kier alpha value is -2.08. The Morgan fingerprint density at radius 3 is 2.68 bits per heavy atom. The van der Waals surface area contributed by atoms with Crippen LogP contribution in [0.1, 0.15) is 24.0 Å². The van der Waals surface area contributed by atoms with Gasteiger partial charge in [-0.25, -0.2) is 0 Å². The molecular formula is C19H26N4O2. The number of carbonyl (C=O) groups is 2. The molecule has 0 spiro atoms. The molecule has 2 amide bonds. The summed E-state index contributed by atoms with van der Waals surface area (Å²) in [5.41, 5.74) is 3.95. The second-order valence-corrected chi connectivity index (χ2v) is 7.37. The van der Waals surface area contributed by atoms with Crippen molar-refractivity contribution >= 4 is 17.5 Å². The number of hydrogen-bond donors (Lipinski definition) is 1. The second kappa shape index (κ2) is 6.67. The zero-order valence-corrected chi connectivity index (χ0v) is 14.8. The van der Waals surface area contributed by atoms with Crippen LogP contribution >= 0.6 is 0 Å². The monoisotopic (exact) mass is 342 g/mol. The van der Waals surface area contributed by atoms with Crippen molar-refractivity contribution in [1.82, 2.24) is 15.1 Å². The molecule has 3 aliphatic heterocycles. The Labute approximate surface area is 148 Å². The number of amides is 2. The molecule has 0 saturated carbocycles. The van der Waals surface area contributed by atoms with Crippen LogP contribution in [0.4, 0.5) is 5.69 Å². The topological polar surface area (TPSA) is 55.9 Å². The number of piperazine rings is 2. The summed E-state index contributed by atoms with van der Waals surface area (Å²) in [4.78, 5) is 30.5. The number of fused-ring (bicyclic) bond motifs is 1. The van der Waals surface area contributed by atoms with Crippen molar-refractivity contribution in [3.8, 4) is 0 Å². The summed E-state index contributed by atoms with van der Waals surface area (Å²) in [5, 5.41) is 2.70. The van der Waals surface area contributed by atoms with Gasteiger partial charge in [-0.15, -0.1) is 0 Å². The Morgan fingerprint density at radius 2 is 1.92 bits per heavy atom. The molecule has 3 aliphatic rings. The first-order valence-corrected chi connectivity index (χ1v) is 9.26. The van der Waals surface area contributed by atoms with Gasteiger partial charge in [0.05, 0.1) is 6.54 Å². The van der Waals surface area contributed by atoms with Crippen LogP contribution in [0, 0.1) is 6.92 Å². The van der Waals surface area contributed by atoms with Crippen LogP contribution in [0.3, 0.4) is 0 Å². The standard InChI is InChI=1S/C19H26N4O2/c1-14-10-15(4-5-16(14)22-6-2-3-7-22)12-21-8-9-23-17(13-21)19(25)20-11-18(23)24/h4-5,10,17H,2-3,6-9,11-13H2,1H3,(H,20,25)/t17-/m0/s1. The molecule has 0 aliphatic carbocycles. The van der Waals surface area contributed by atoms with Gasteiger partial charge in [0.2, 0.25) is 11.8 Å². The predicted molar refractivity (Wildman–Crippen MR) is 96.4 cm³/mol. The molecule has 0 radical (unpaired) electrons. The molecule has 3 fully saturated rings. The molecular weight excluding hydrogens is 316 g/mol. The Morgan fingerprint density at radius 1 is 1.12 bits per heavy atom. The maximum atomic E-state index is 12.1. The summed E-state index contributed by atoms with van der Waals surface area (Å²) in [6.45, 7) is 7.55. The van der Waals surface area contributed by atoms with E-state index >= 15 is 0 Å². The molecule has 6 heteroatoms. The van der Waals surface area contributed by atoms with Crippen molar-refractivity contribution in [1.29, 1.82) is 0 Å². The molecule has 1 N–H and O–H groups in total. The van der Waals surface area contributed by atoms with Crippen molar-refractivity contribution < 1.29 is 9.59 Å². The van der Waals surface area contributed by atoms with Crippen LogP contribution in [0.2, 0.25) is 0 Å². The van der Waals surface area contributed by atoms with Gasteiger partial charge < -0.3 is 15.1 Å². The maximum absolute atomic E-state index is 12.1. The number of nitrogens with one attached hydrogen (secondary N) is 1. The van der Waals surface area contributed by atoms with Gasteiger partial charge in [0, 0.05) is 45.0 Å². The number of nitrogens with zero attached hydrogens (tertiary/aromatic N) is 3. The van der Waals surface area contributed by atoms with Crippen molar-refractivity contribution in [2.75, 3.05) is 44.2 Å². The Bertz CT molecular complexity index is 684. The lowest BCUT2D eigenvalue weighted by molar-refractivity contribution is -0.149. The number of anilines is 1. The van der Waals surface area contributed by atoms with E-state index in [0.717, 1.165) is 26.2 Å². The van der Waals surface area contributed by atoms with Gasteiger partial charge in [-0.1, -0.05) is 12.1 Å². The molecule has 6 nitrogen and oxygen atoms in total. The number of aryl methyl sites for hydroxylation is 1. The average molecular weight is 342 g/mol. The summed E-state index contributed by atoms with van der Waals surface area (Å²) in [5.74, 6) is 0.0138. The zero-order chi connectivity index (χ0) is 17.4. The molecule has 3 saturated heterocycles. The summed E-state index contributed by atoms with van der Waals surface area (Å²) >= 11 is 0. The number of benzene rings is 1. The number of carbonyl (C=O) groups excluding carboxylic acids is 2. The molecule has 1 aromatic carbocycles. The highest BCUT2D eigenvalue weighted by Gasteiger charge is 2.38. The third kappa shape index (κ3) is 3.23. The maximum Gasteiger partial charge on any atom is 0.244 e. The number of rotatable bonds is 3. The molecule has 0 aromatic heterocycles. The van der Waals surface area contributed by atoms with E-state index in [9.17, 15) is 9.59 Å². The van der Waals surface area contributed by atoms with Crippen LogP contribution in [0.15, 0.2) is 18.2 Å². The van der Waals surface area contributed by atoms with Crippen LogP contribution < -0.4 is 10.2 Å². The fourth-order valence-corrected chi connectivity index (χ4v) is 4.28. The van der Waals surface area contributed by atoms with E-state index in [-0.39, 0.29) is 24.4 Å². The third-order valence-corrected chi connectivity index (χ3v) is 5.62. The Balaban J connectivity index is 1.43. The van der Waals surface area contributed by atoms with E-state index in [0.29, 0.717) is 13.1 Å². The molecule has 0 bridgehead atoms. The fourth-order valence-electron chi connectivity index (χ4n) is 4.28. The van der Waals surface area contributed by atoms with Crippen LogP contribution in [-0.4, -0.2) is 66.9 Å². The molecule has 3 heterocycles. The van der Waals surface area contributed by atoms with Crippen molar-refractivity contribution in [3.63, 3.8) is 0 Å². The Kier molecular flexibility index (Phi) is 4.37. The zero-order valence-electron chi connectivity index (χ0n) is 14.8. The van der Waals surface area contributed by atoms with E-state index < -0.39 is 0 Å². The lowest BCUT2D eigenvalue weighted by Gasteiger charge is -2.43. The van der Waals surface area contributed by atoms with E-state index in [1.54, 1.807) is 4.90 Å². The van der Waals surface area contributed by atoms with Gasteiger partial charge >= 0.3 is 0 Å². The average Bonchev–Trinajstić information content (AvgIpc) is 3.13. The van der Waals surface area contributed by atoms with E-state index in [2.05, 4.69) is 40.2 Å². The van der Waals surface area contributed by atoms with Crippen molar-refractivity contribution in [3.05, 3.63) is 29.3 Å². The second-order valence-electron chi connectivity index (χ2n) is 7.37. The smallest absolute Gasteiger partial charge is 0.244 e. The highest BCUT2D eigenvalue weighted by molar-refractivity contribution is 5.95.